The molecule has 196 valence electrons. The lowest BCUT2D eigenvalue weighted by Crippen LogP contribution is -2.37. The van der Waals surface area contributed by atoms with Gasteiger partial charge in [0.1, 0.15) is 6.61 Å². The van der Waals surface area contributed by atoms with Gasteiger partial charge in [0.2, 0.25) is 5.91 Å². The topological polar surface area (TPSA) is 158 Å². The molecule has 0 rings (SSSR count). The Kier molecular flexibility index (Phi) is 31.4. The molecule has 0 aliphatic carbocycles. The average molecular weight is 474 g/mol. The van der Waals surface area contributed by atoms with Crippen molar-refractivity contribution in [2.45, 2.75) is 40.0 Å². The summed E-state index contributed by atoms with van der Waals surface area (Å²) >= 11 is 0. The molecule has 0 aliphatic rings. The molecule has 0 aliphatic heterocycles. The maximum atomic E-state index is 10.8. The Morgan fingerprint density at radius 3 is 1.41 bits per heavy atom. The third-order valence-corrected chi connectivity index (χ3v) is 4.15. The van der Waals surface area contributed by atoms with Crippen LogP contribution in [0.1, 0.15) is 40.0 Å². The predicted molar refractivity (Wildman–Crippen MR) is 120 cm³/mol. The van der Waals surface area contributed by atoms with Gasteiger partial charge < -0.3 is 39.5 Å². The van der Waals surface area contributed by atoms with Crippen LogP contribution >= 0.6 is 0 Å². The molecule has 11 heteroatoms. The summed E-state index contributed by atoms with van der Waals surface area (Å²) in [6.45, 7) is 8.75. The van der Waals surface area contributed by atoms with Crippen molar-refractivity contribution in [3.8, 4) is 0 Å². The first-order chi connectivity index (χ1) is 15.4. The van der Waals surface area contributed by atoms with E-state index < -0.39 is 0 Å². The zero-order valence-corrected chi connectivity index (χ0v) is 20.3. The summed E-state index contributed by atoms with van der Waals surface area (Å²) in [5, 5.41) is 41.3. The van der Waals surface area contributed by atoms with E-state index in [0.717, 1.165) is 19.4 Å². The Morgan fingerprint density at radius 2 is 1.19 bits per heavy atom. The highest BCUT2D eigenvalue weighted by atomic mass is 17.1. The quantitative estimate of drug-likeness (QED) is 0.105. The Labute approximate surface area is 192 Å². The predicted octanol–water partition coefficient (Wildman–Crippen LogP) is 0.143. The van der Waals surface area contributed by atoms with Gasteiger partial charge in [-0.25, -0.2) is 4.89 Å². The second kappa shape index (κ2) is 28.1. The second-order valence-corrected chi connectivity index (χ2v) is 6.91. The lowest BCUT2D eigenvalue weighted by atomic mass is 9.88. The van der Waals surface area contributed by atoms with Gasteiger partial charge in [-0.05, 0) is 12.8 Å². The number of hydrogen-bond donors (Lipinski definition) is 5. The van der Waals surface area contributed by atoms with E-state index in [2.05, 4.69) is 11.8 Å². The molecule has 32 heavy (non-hydrogen) atoms. The molecule has 0 aromatic heterocycles. The molecule has 0 bridgehead atoms. The molecule has 0 saturated heterocycles. The van der Waals surface area contributed by atoms with Crippen molar-refractivity contribution in [1.82, 2.24) is 4.90 Å². The van der Waals surface area contributed by atoms with Crippen molar-refractivity contribution in [1.29, 1.82) is 0 Å². The van der Waals surface area contributed by atoms with E-state index in [0.29, 0.717) is 26.2 Å². The lowest BCUT2D eigenvalue weighted by molar-refractivity contribution is -0.246. The fraction of sp³-hybridized carbons (Fsp3) is 0.952. The van der Waals surface area contributed by atoms with E-state index >= 15 is 0 Å². The fourth-order valence-corrected chi connectivity index (χ4v) is 2.26. The summed E-state index contributed by atoms with van der Waals surface area (Å²) < 4.78 is 16.1. The number of carbonyl (C=O) groups excluding carboxylic acids is 1. The average Bonchev–Trinajstić information content (AvgIpc) is 2.80. The number of hydrogen-bond acceptors (Lipinski definition) is 10. The summed E-state index contributed by atoms with van der Waals surface area (Å²) in [7, 11) is 1.84. The van der Waals surface area contributed by atoms with Gasteiger partial charge in [0.05, 0.1) is 66.1 Å². The molecular weight excluding hydrogens is 426 g/mol. The zero-order valence-electron chi connectivity index (χ0n) is 20.3. The van der Waals surface area contributed by atoms with Gasteiger partial charge in [0.25, 0.3) is 0 Å². The number of carbonyl (C=O) groups is 1. The standard InChI is InChI=1S/C12H26O6.C7H15NO.C2H6O3/c1-2-12(9-16-6-3-13,10-17-7-4-14)11-18-8-5-15;1-4-6-8(3)7(9)5-2;3-1-2-5-4/h13-15H,2-11H2,1H3;4-6H2,1-3H3;3-4H,1-2H2. The zero-order chi connectivity index (χ0) is 25.1. The van der Waals surface area contributed by atoms with Crippen LogP contribution in [0.2, 0.25) is 0 Å². The minimum atomic E-state index is -0.306. The second-order valence-electron chi connectivity index (χ2n) is 6.91. The van der Waals surface area contributed by atoms with Crippen LogP contribution in [-0.4, -0.2) is 123 Å². The Bertz CT molecular complexity index is 346. The minimum Gasteiger partial charge on any atom is -0.394 e. The van der Waals surface area contributed by atoms with Crippen molar-refractivity contribution < 1.29 is 49.6 Å². The third-order valence-electron chi connectivity index (χ3n) is 4.15. The molecule has 0 saturated carbocycles. The molecule has 5 N–H and O–H groups in total. The minimum absolute atomic E-state index is 0. The molecule has 0 radical (unpaired) electrons. The van der Waals surface area contributed by atoms with Crippen LogP contribution in [0.5, 0.6) is 0 Å². The first-order valence-corrected chi connectivity index (χ1v) is 11.0. The highest BCUT2D eigenvalue weighted by Crippen LogP contribution is 2.24. The van der Waals surface area contributed by atoms with Crippen LogP contribution in [0.15, 0.2) is 0 Å². The molecule has 0 spiro atoms. The van der Waals surface area contributed by atoms with E-state index in [1.807, 2.05) is 20.9 Å². The van der Waals surface area contributed by atoms with Crippen LogP contribution in [0.3, 0.4) is 0 Å². The van der Waals surface area contributed by atoms with Crippen LogP contribution < -0.4 is 0 Å². The molecule has 0 aromatic rings. The van der Waals surface area contributed by atoms with Crippen LogP contribution in [0, 0.1) is 5.41 Å². The monoisotopic (exact) mass is 473 g/mol. The number of rotatable bonds is 18. The smallest absolute Gasteiger partial charge is 0.222 e. The van der Waals surface area contributed by atoms with Crippen LogP contribution in [0.25, 0.3) is 0 Å². The summed E-state index contributed by atoms with van der Waals surface area (Å²) in [5.74, 6) is 0.233. The Balaban J connectivity index is -0.000000496. The van der Waals surface area contributed by atoms with Gasteiger partial charge in [0.15, 0.2) is 0 Å². The summed E-state index contributed by atoms with van der Waals surface area (Å²) in [5.41, 5.74) is -0.306. The maximum absolute atomic E-state index is 10.8. The van der Waals surface area contributed by atoms with Crippen molar-refractivity contribution in [3.05, 3.63) is 0 Å². The van der Waals surface area contributed by atoms with Gasteiger partial charge in [-0.15, -0.1) is 0 Å². The third kappa shape index (κ3) is 23.8. The number of aliphatic hydroxyl groups is 4. The highest BCUT2D eigenvalue weighted by molar-refractivity contribution is 5.75. The van der Waals surface area contributed by atoms with Crippen molar-refractivity contribution >= 4 is 5.91 Å². The number of ether oxygens (including phenoxy) is 3. The van der Waals surface area contributed by atoms with Gasteiger partial charge in [-0.2, -0.15) is 0 Å². The van der Waals surface area contributed by atoms with Crippen LogP contribution in [0.4, 0.5) is 0 Å². The molecule has 0 atom stereocenters. The largest absolute Gasteiger partial charge is 0.394 e. The van der Waals surface area contributed by atoms with E-state index in [4.69, 9.17) is 39.9 Å². The van der Waals surface area contributed by atoms with Crippen molar-refractivity contribution in [2.75, 3.05) is 86.3 Å². The van der Waals surface area contributed by atoms with Gasteiger partial charge >= 0.3 is 0 Å². The van der Waals surface area contributed by atoms with Gasteiger partial charge in [-0.3, -0.25) is 10.1 Å². The molecule has 0 heterocycles. The Hall–Kier alpha value is -0.890. The lowest BCUT2D eigenvalue weighted by Gasteiger charge is -2.32. The van der Waals surface area contributed by atoms with Gasteiger partial charge in [-0.1, -0.05) is 20.8 Å². The molecule has 11 nitrogen and oxygen atoms in total. The first-order valence-electron chi connectivity index (χ1n) is 11.0. The number of amides is 1. The van der Waals surface area contributed by atoms with E-state index in [1.165, 1.54) is 0 Å². The number of aliphatic hydroxyl groups excluding tert-OH is 4. The van der Waals surface area contributed by atoms with E-state index in [-0.39, 0.29) is 64.2 Å². The SMILES string of the molecule is CCC(COCCO)(COCCO)COCCO.CCCN(C)C(=O)CC.OCCOO. The summed E-state index contributed by atoms with van der Waals surface area (Å²) in [4.78, 5) is 16.0. The first kappa shape index (κ1) is 35.7. The molecular formula is C21H47NO10. The fourth-order valence-electron chi connectivity index (χ4n) is 2.26. The summed E-state index contributed by atoms with van der Waals surface area (Å²) in [6, 6.07) is 0. The molecule has 1 amide bonds. The Morgan fingerprint density at radius 1 is 0.781 bits per heavy atom. The van der Waals surface area contributed by atoms with E-state index in [9.17, 15) is 4.79 Å². The van der Waals surface area contributed by atoms with E-state index in [1.54, 1.807) is 4.90 Å². The number of nitrogens with zero attached hydrogens (tertiary/aromatic N) is 1. The van der Waals surface area contributed by atoms with Gasteiger partial charge in [0, 0.05) is 25.4 Å². The summed E-state index contributed by atoms with van der Waals surface area (Å²) in [6.07, 6.45) is 2.45. The van der Waals surface area contributed by atoms with Crippen molar-refractivity contribution in [2.24, 2.45) is 5.41 Å². The molecule has 0 aromatic carbocycles. The maximum Gasteiger partial charge on any atom is 0.222 e. The molecule has 0 fully saturated rings. The highest BCUT2D eigenvalue weighted by Gasteiger charge is 2.29. The molecule has 0 unspecified atom stereocenters. The van der Waals surface area contributed by atoms with Crippen molar-refractivity contribution in [3.63, 3.8) is 0 Å². The normalized spacial score (nSPS) is 10.7. The van der Waals surface area contributed by atoms with Crippen LogP contribution in [-0.2, 0) is 23.9 Å².